The molecule has 0 saturated carbocycles. The van der Waals surface area contributed by atoms with Crippen molar-refractivity contribution in [3.05, 3.63) is 29.0 Å². The lowest BCUT2D eigenvalue weighted by Crippen LogP contribution is -2.43. The van der Waals surface area contributed by atoms with E-state index >= 15 is 0 Å². The molecule has 0 unspecified atom stereocenters. The first kappa shape index (κ1) is 17.4. The fourth-order valence-electron chi connectivity index (χ4n) is 3.40. The molecule has 0 atom stereocenters. The van der Waals surface area contributed by atoms with Crippen molar-refractivity contribution in [1.82, 2.24) is 25.4 Å². The van der Waals surface area contributed by atoms with Crippen molar-refractivity contribution in [2.45, 2.75) is 45.6 Å². The Bertz CT molecular complexity index is 868. The van der Waals surface area contributed by atoms with Crippen LogP contribution in [0.1, 0.15) is 37.3 Å². The standard InChI is InChI=1S/C18H24N6OS/c1-3-16-22-15(23-25-16)4-8-19-13-5-9-24(10-6-13)17-14-7-11-26-18(14)21-12(2)20-17/h7,11,13,19H,3-6,8-10H2,1-2H3. The van der Waals surface area contributed by atoms with Crippen LogP contribution < -0.4 is 10.2 Å². The van der Waals surface area contributed by atoms with Gasteiger partial charge in [-0.05, 0) is 31.2 Å². The summed E-state index contributed by atoms with van der Waals surface area (Å²) in [6.07, 6.45) is 3.82. The molecule has 0 radical (unpaired) electrons. The molecule has 1 saturated heterocycles. The molecule has 138 valence electrons. The van der Waals surface area contributed by atoms with Crippen LogP contribution in [0.3, 0.4) is 0 Å². The Morgan fingerprint density at radius 3 is 2.88 bits per heavy atom. The summed E-state index contributed by atoms with van der Waals surface area (Å²) in [5.41, 5.74) is 0. The number of aromatic nitrogens is 4. The molecule has 3 aromatic rings. The van der Waals surface area contributed by atoms with Crippen LogP contribution in [0.25, 0.3) is 10.2 Å². The monoisotopic (exact) mass is 372 g/mol. The van der Waals surface area contributed by atoms with Crippen LogP contribution in [0.15, 0.2) is 16.0 Å². The Kier molecular flexibility index (Phi) is 5.12. The van der Waals surface area contributed by atoms with Gasteiger partial charge in [0.15, 0.2) is 5.82 Å². The topological polar surface area (TPSA) is 80.0 Å². The molecule has 3 aromatic heterocycles. The maximum Gasteiger partial charge on any atom is 0.226 e. The molecule has 0 aromatic carbocycles. The van der Waals surface area contributed by atoms with Gasteiger partial charge in [-0.25, -0.2) is 9.97 Å². The van der Waals surface area contributed by atoms with Crippen LogP contribution in [-0.4, -0.2) is 45.8 Å². The third-order valence-corrected chi connectivity index (χ3v) is 5.61. The molecular formula is C18H24N6OS. The highest BCUT2D eigenvalue weighted by Gasteiger charge is 2.22. The minimum absolute atomic E-state index is 0.532. The quantitative estimate of drug-likeness (QED) is 0.712. The summed E-state index contributed by atoms with van der Waals surface area (Å²) in [4.78, 5) is 17.1. The summed E-state index contributed by atoms with van der Waals surface area (Å²) >= 11 is 1.68. The minimum atomic E-state index is 0.532. The number of nitrogens with one attached hydrogen (secondary N) is 1. The van der Waals surface area contributed by atoms with E-state index in [4.69, 9.17) is 9.51 Å². The molecule has 26 heavy (non-hydrogen) atoms. The van der Waals surface area contributed by atoms with Gasteiger partial charge >= 0.3 is 0 Å². The number of rotatable bonds is 6. The SMILES string of the molecule is CCc1nc(CCNC2CCN(c3nc(C)nc4sccc34)CC2)no1. The Hall–Kier alpha value is -2.06. The van der Waals surface area contributed by atoms with Crippen molar-refractivity contribution in [2.24, 2.45) is 0 Å². The second-order valence-electron chi connectivity index (χ2n) is 6.66. The third kappa shape index (κ3) is 3.71. The first-order valence-corrected chi connectivity index (χ1v) is 10.1. The second-order valence-corrected chi connectivity index (χ2v) is 7.55. The highest BCUT2D eigenvalue weighted by Crippen LogP contribution is 2.29. The number of thiophene rings is 1. The van der Waals surface area contributed by atoms with E-state index in [0.29, 0.717) is 11.9 Å². The maximum absolute atomic E-state index is 5.15. The van der Waals surface area contributed by atoms with Gasteiger partial charge in [0.05, 0.1) is 5.39 Å². The highest BCUT2D eigenvalue weighted by atomic mass is 32.1. The number of hydrogen-bond donors (Lipinski definition) is 1. The molecule has 0 aliphatic carbocycles. The number of aryl methyl sites for hydroxylation is 2. The summed E-state index contributed by atoms with van der Waals surface area (Å²) in [6, 6.07) is 2.67. The van der Waals surface area contributed by atoms with Crippen molar-refractivity contribution in [3.8, 4) is 0 Å². The van der Waals surface area contributed by atoms with E-state index in [1.807, 2.05) is 13.8 Å². The van der Waals surface area contributed by atoms with Crippen molar-refractivity contribution >= 4 is 27.4 Å². The second kappa shape index (κ2) is 7.67. The smallest absolute Gasteiger partial charge is 0.226 e. The highest BCUT2D eigenvalue weighted by molar-refractivity contribution is 7.16. The largest absolute Gasteiger partial charge is 0.356 e. The normalized spacial score (nSPS) is 15.8. The van der Waals surface area contributed by atoms with E-state index in [-0.39, 0.29) is 0 Å². The van der Waals surface area contributed by atoms with Crippen LogP contribution in [-0.2, 0) is 12.8 Å². The lowest BCUT2D eigenvalue weighted by molar-refractivity contribution is 0.374. The third-order valence-electron chi connectivity index (χ3n) is 4.81. The molecule has 0 bridgehead atoms. The average Bonchev–Trinajstić information content (AvgIpc) is 3.30. The van der Waals surface area contributed by atoms with E-state index in [9.17, 15) is 0 Å². The maximum atomic E-state index is 5.15. The predicted molar refractivity (Wildman–Crippen MR) is 103 cm³/mol. The molecule has 4 rings (SSSR count). The van der Waals surface area contributed by atoms with Crippen LogP contribution in [0.4, 0.5) is 5.82 Å². The molecule has 8 heteroatoms. The molecule has 1 aliphatic rings. The first-order valence-electron chi connectivity index (χ1n) is 9.24. The summed E-state index contributed by atoms with van der Waals surface area (Å²) in [6.45, 7) is 6.91. The summed E-state index contributed by atoms with van der Waals surface area (Å²) in [5, 5.41) is 10.9. The van der Waals surface area contributed by atoms with Gasteiger partial charge in [0.1, 0.15) is 16.5 Å². The van der Waals surface area contributed by atoms with Gasteiger partial charge in [-0.1, -0.05) is 12.1 Å². The van der Waals surface area contributed by atoms with Gasteiger partial charge in [0.25, 0.3) is 0 Å². The zero-order valence-electron chi connectivity index (χ0n) is 15.2. The number of piperidine rings is 1. The number of nitrogens with zero attached hydrogens (tertiary/aromatic N) is 5. The fraction of sp³-hybridized carbons (Fsp3) is 0.556. The van der Waals surface area contributed by atoms with Crippen LogP contribution in [0.5, 0.6) is 0 Å². The molecule has 1 fully saturated rings. The van der Waals surface area contributed by atoms with Gasteiger partial charge in [0.2, 0.25) is 5.89 Å². The van der Waals surface area contributed by atoms with E-state index in [1.165, 1.54) is 5.39 Å². The van der Waals surface area contributed by atoms with Crippen molar-refractivity contribution < 1.29 is 4.52 Å². The fourth-order valence-corrected chi connectivity index (χ4v) is 4.21. The molecule has 1 aliphatic heterocycles. The summed E-state index contributed by atoms with van der Waals surface area (Å²) in [5.74, 6) is 3.45. The average molecular weight is 372 g/mol. The zero-order chi connectivity index (χ0) is 17.9. The van der Waals surface area contributed by atoms with E-state index in [0.717, 1.165) is 67.6 Å². The van der Waals surface area contributed by atoms with E-state index in [1.54, 1.807) is 11.3 Å². The van der Waals surface area contributed by atoms with Gasteiger partial charge in [0, 0.05) is 38.5 Å². The summed E-state index contributed by atoms with van der Waals surface area (Å²) in [7, 11) is 0. The van der Waals surface area contributed by atoms with Gasteiger partial charge in [-0.3, -0.25) is 0 Å². The van der Waals surface area contributed by atoms with E-state index < -0.39 is 0 Å². The Morgan fingerprint density at radius 1 is 1.27 bits per heavy atom. The number of anilines is 1. The Morgan fingerprint density at radius 2 is 2.12 bits per heavy atom. The van der Waals surface area contributed by atoms with Gasteiger partial charge in [-0.15, -0.1) is 11.3 Å². The van der Waals surface area contributed by atoms with Gasteiger partial charge in [-0.2, -0.15) is 4.98 Å². The molecular weight excluding hydrogens is 348 g/mol. The predicted octanol–water partition coefficient (Wildman–Crippen LogP) is 2.75. The van der Waals surface area contributed by atoms with Crippen molar-refractivity contribution in [3.63, 3.8) is 0 Å². The number of fused-ring (bicyclic) bond motifs is 1. The molecule has 1 N–H and O–H groups in total. The first-order chi connectivity index (χ1) is 12.7. The minimum Gasteiger partial charge on any atom is -0.356 e. The lowest BCUT2D eigenvalue weighted by Gasteiger charge is -2.33. The molecule has 4 heterocycles. The van der Waals surface area contributed by atoms with E-state index in [2.05, 4.69) is 36.8 Å². The van der Waals surface area contributed by atoms with Crippen molar-refractivity contribution in [1.29, 1.82) is 0 Å². The van der Waals surface area contributed by atoms with Crippen LogP contribution >= 0.6 is 11.3 Å². The van der Waals surface area contributed by atoms with Crippen LogP contribution in [0.2, 0.25) is 0 Å². The summed E-state index contributed by atoms with van der Waals surface area (Å²) < 4.78 is 5.15. The molecule has 7 nitrogen and oxygen atoms in total. The molecule has 0 spiro atoms. The number of hydrogen-bond acceptors (Lipinski definition) is 8. The Labute approximate surface area is 156 Å². The zero-order valence-corrected chi connectivity index (χ0v) is 16.1. The van der Waals surface area contributed by atoms with Crippen LogP contribution in [0, 0.1) is 6.92 Å². The molecule has 0 amide bonds. The Balaban J connectivity index is 1.30. The lowest BCUT2D eigenvalue weighted by atomic mass is 10.0. The van der Waals surface area contributed by atoms with Gasteiger partial charge < -0.3 is 14.7 Å². The van der Waals surface area contributed by atoms with Crippen molar-refractivity contribution in [2.75, 3.05) is 24.5 Å².